The third kappa shape index (κ3) is 0.988. The van der Waals surface area contributed by atoms with Crippen molar-refractivity contribution in [2.75, 3.05) is 6.61 Å². The fourth-order valence-electron chi connectivity index (χ4n) is 1.93. The molecule has 2 atom stereocenters. The molecule has 0 N–H and O–H groups in total. The van der Waals surface area contributed by atoms with Crippen LogP contribution in [0.3, 0.4) is 0 Å². The Balaban J connectivity index is 1.96. The van der Waals surface area contributed by atoms with Crippen LogP contribution in [-0.2, 0) is 16.6 Å². The van der Waals surface area contributed by atoms with Gasteiger partial charge in [0, 0.05) is 19.4 Å². The fraction of sp³-hybridized carbons (Fsp3) is 0.556. The van der Waals surface area contributed by atoms with E-state index in [1.54, 1.807) is 6.20 Å². The summed E-state index contributed by atoms with van der Waals surface area (Å²) in [5, 5.41) is 4.03. The van der Waals surface area contributed by atoms with E-state index in [0.717, 1.165) is 24.6 Å². The van der Waals surface area contributed by atoms with Crippen LogP contribution in [0.5, 0.6) is 0 Å². The SMILES string of the molecule is Cn1ccnc1C1=NOC2OCCC12. The molecule has 1 aromatic heterocycles. The zero-order chi connectivity index (χ0) is 9.54. The number of hydrogen-bond acceptors (Lipinski definition) is 4. The zero-order valence-electron chi connectivity index (χ0n) is 7.88. The first kappa shape index (κ1) is 7.99. The number of aromatic nitrogens is 2. The Bertz CT molecular complexity index is 385. The lowest BCUT2D eigenvalue weighted by Crippen LogP contribution is -2.21. The molecule has 0 aromatic carbocycles. The van der Waals surface area contributed by atoms with Crippen LogP contribution in [0.2, 0.25) is 0 Å². The molecule has 0 radical (unpaired) electrons. The number of ether oxygens (including phenoxy) is 1. The molecule has 0 saturated carbocycles. The van der Waals surface area contributed by atoms with E-state index < -0.39 is 0 Å². The molecule has 0 spiro atoms. The van der Waals surface area contributed by atoms with E-state index in [-0.39, 0.29) is 12.2 Å². The van der Waals surface area contributed by atoms with Gasteiger partial charge in [-0.05, 0) is 6.42 Å². The summed E-state index contributed by atoms with van der Waals surface area (Å²) in [6, 6.07) is 0. The smallest absolute Gasteiger partial charge is 0.235 e. The molecule has 0 amide bonds. The Labute approximate surface area is 81.3 Å². The van der Waals surface area contributed by atoms with Crippen molar-refractivity contribution in [1.29, 1.82) is 0 Å². The Hall–Kier alpha value is -1.36. The number of hydrogen-bond donors (Lipinski definition) is 0. The molecule has 3 rings (SSSR count). The number of oxime groups is 1. The topological polar surface area (TPSA) is 48.6 Å². The zero-order valence-corrected chi connectivity index (χ0v) is 7.88. The van der Waals surface area contributed by atoms with Gasteiger partial charge in [0.05, 0.1) is 12.5 Å². The molecule has 1 aromatic rings. The number of fused-ring (bicyclic) bond motifs is 1. The van der Waals surface area contributed by atoms with Crippen LogP contribution in [-0.4, -0.2) is 28.2 Å². The lowest BCUT2D eigenvalue weighted by Gasteiger charge is -2.06. The maximum Gasteiger partial charge on any atom is 0.235 e. The van der Waals surface area contributed by atoms with Gasteiger partial charge in [-0.2, -0.15) is 0 Å². The first-order chi connectivity index (χ1) is 6.86. The largest absolute Gasteiger partial charge is 0.362 e. The van der Waals surface area contributed by atoms with Gasteiger partial charge < -0.3 is 14.1 Å². The summed E-state index contributed by atoms with van der Waals surface area (Å²) in [5.41, 5.74) is 0.917. The number of aryl methyl sites for hydroxylation is 1. The lowest BCUT2D eigenvalue weighted by atomic mass is 10.0. The minimum Gasteiger partial charge on any atom is -0.362 e. The molecule has 5 nitrogen and oxygen atoms in total. The Kier molecular flexibility index (Phi) is 1.61. The second kappa shape index (κ2) is 2.81. The molecule has 1 fully saturated rings. The molecular weight excluding hydrogens is 182 g/mol. The van der Waals surface area contributed by atoms with Gasteiger partial charge in [-0.15, -0.1) is 0 Å². The Morgan fingerprint density at radius 3 is 3.29 bits per heavy atom. The molecule has 3 heterocycles. The average Bonchev–Trinajstić information content (AvgIpc) is 2.78. The molecule has 2 aliphatic heterocycles. The maximum absolute atomic E-state index is 5.37. The van der Waals surface area contributed by atoms with E-state index in [0.29, 0.717) is 0 Å². The molecule has 0 aliphatic carbocycles. The average molecular weight is 193 g/mol. The Morgan fingerprint density at radius 1 is 1.57 bits per heavy atom. The minimum absolute atomic E-state index is 0.179. The second-order valence-corrected chi connectivity index (χ2v) is 3.58. The van der Waals surface area contributed by atoms with E-state index in [9.17, 15) is 0 Å². The van der Waals surface area contributed by atoms with Crippen LogP contribution in [0.4, 0.5) is 0 Å². The lowest BCUT2D eigenvalue weighted by molar-refractivity contribution is -0.106. The summed E-state index contributed by atoms with van der Waals surface area (Å²) in [6.45, 7) is 0.749. The van der Waals surface area contributed by atoms with Crippen molar-refractivity contribution in [3.8, 4) is 0 Å². The molecule has 2 aliphatic rings. The quantitative estimate of drug-likeness (QED) is 0.653. The van der Waals surface area contributed by atoms with Gasteiger partial charge >= 0.3 is 0 Å². The molecule has 0 bridgehead atoms. The van der Waals surface area contributed by atoms with Crippen molar-refractivity contribution in [1.82, 2.24) is 9.55 Å². The van der Waals surface area contributed by atoms with Crippen molar-refractivity contribution < 1.29 is 9.57 Å². The van der Waals surface area contributed by atoms with Crippen LogP contribution in [0.15, 0.2) is 17.5 Å². The van der Waals surface area contributed by atoms with Crippen molar-refractivity contribution >= 4 is 5.71 Å². The highest BCUT2D eigenvalue weighted by Gasteiger charge is 2.41. The van der Waals surface area contributed by atoms with E-state index in [1.807, 2.05) is 17.8 Å². The summed E-state index contributed by atoms with van der Waals surface area (Å²) in [6.07, 6.45) is 4.46. The van der Waals surface area contributed by atoms with E-state index in [4.69, 9.17) is 9.57 Å². The standard InChI is InChI=1S/C9H11N3O2/c1-12-4-3-10-8(12)7-6-2-5-13-9(6)14-11-7/h3-4,6,9H,2,5H2,1H3. The van der Waals surface area contributed by atoms with Crippen LogP contribution >= 0.6 is 0 Å². The highest BCUT2D eigenvalue weighted by molar-refractivity contribution is 6.00. The van der Waals surface area contributed by atoms with Gasteiger partial charge in [-0.25, -0.2) is 4.98 Å². The van der Waals surface area contributed by atoms with Crippen LogP contribution in [0.1, 0.15) is 12.2 Å². The highest BCUT2D eigenvalue weighted by Crippen LogP contribution is 2.30. The summed E-state index contributed by atoms with van der Waals surface area (Å²) in [5.74, 6) is 1.14. The summed E-state index contributed by atoms with van der Waals surface area (Å²) in [7, 11) is 1.95. The molecular formula is C9H11N3O2. The van der Waals surface area contributed by atoms with Crippen LogP contribution < -0.4 is 0 Å². The normalized spacial score (nSPS) is 29.9. The van der Waals surface area contributed by atoms with Crippen LogP contribution in [0, 0.1) is 5.92 Å². The van der Waals surface area contributed by atoms with Gasteiger partial charge in [0.1, 0.15) is 5.71 Å². The minimum atomic E-state index is -0.179. The number of imidazole rings is 1. The van der Waals surface area contributed by atoms with Crippen molar-refractivity contribution in [3.63, 3.8) is 0 Å². The first-order valence-electron chi connectivity index (χ1n) is 4.69. The number of rotatable bonds is 1. The molecule has 2 unspecified atom stereocenters. The molecule has 74 valence electrons. The van der Waals surface area contributed by atoms with Gasteiger partial charge in [0.2, 0.25) is 6.29 Å². The van der Waals surface area contributed by atoms with Crippen LogP contribution in [0.25, 0.3) is 0 Å². The molecule has 5 heteroatoms. The monoisotopic (exact) mass is 193 g/mol. The third-order valence-electron chi connectivity index (χ3n) is 2.70. The molecule has 1 saturated heterocycles. The predicted octanol–water partition coefficient (Wildman–Crippen LogP) is 0.517. The van der Waals surface area contributed by atoms with Gasteiger partial charge in [-0.3, -0.25) is 0 Å². The first-order valence-corrected chi connectivity index (χ1v) is 4.69. The van der Waals surface area contributed by atoms with Gasteiger partial charge in [0.25, 0.3) is 0 Å². The van der Waals surface area contributed by atoms with E-state index >= 15 is 0 Å². The Morgan fingerprint density at radius 2 is 2.50 bits per heavy atom. The van der Waals surface area contributed by atoms with Gasteiger partial charge in [-0.1, -0.05) is 5.16 Å². The van der Waals surface area contributed by atoms with E-state index in [1.165, 1.54) is 0 Å². The van der Waals surface area contributed by atoms with Gasteiger partial charge in [0.15, 0.2) is 5.82 Å². The fourth-order valence-corrected chi connectivity index (χ4v) is 1.93. The predicted molar refractivity (Wildman–Crippen MR) is 48.7 cm³/mol. The number of nitrogens with zero attached hydrogens (tertiary/aromatic N) is 3. The summed E-state index contributed by atoms with van der Waals surface area (Å²) < 4.78 is 7.32. The third-order valence-corrected chi connectivity index (χ3v) is 2.70. The highest BCUT2D eigenvalue weighted by atomic mass is 16.8. The van der Waals surface area contributed by atoms with Crippen molar-refractivity contribution in [2.24, 2.45) is 18.1 Å². The second-order valence-electron chi connectivity index (χ2n) is 3.58. The maximum atomic E-state index is 5.37. The van der Waals surface area contributed by atoms with Crippen molar-refractivity contribution in [2.45, 2.75) is 12.7 Å². The summed E-state index contributed by atoms with van der Waals surface area (Å²) in [4.78, 5) is 9.44. The van der Waals surface area contributed by atoms with E-state index in [2.05, 4.69) is 10.1 Å². The summed E-state index contributed by atoms with van der Waals surface area (Å²) >= 11 is 0. The van der Waals surface area contributed by atoms with Crippen molar-refractivity contribution in [3.05, 3.63) is 18.2 Å². The molecule has 14 heavy (non-hydrogen) atoms.